The number of imide groups is 1. The first-order valence-corrected chi connectivity index (χ1v) is 12.1. The smallest absolute Gasteiger partial charge is 0.417 e. The van der Waals surface area contributed by atoms with Crippen molar-refractivity contribution in [3.63, 3.8) is 0 Å². The van der Waals surface area contributed by atoms with Crippen LogP contribution in [0.15, 0.2) is 59.8 Å². The fraction of sp³-hybridized carbons (Fsp3) is 0.286. The summed E-state index contributed by atoms with van der Waals surface area (Å²) in [6, 6.07) is 7.54. The van der Waals surface area contributed by atoms with Gasteiger partial charge in [-0.2, -0.15) is 18.4 Å². The van der Waals surface area contributed by atoms with Crippen molar-refractivity contribution >= 4 is 29.4 Å². The van der Waals surface area contributed by atoms with E-state index in [9.17, 15) is 27.2 Å². The van der Waals surface area contributed by atoms with Crippen LogP contribution in [-0.2, 0) is 11.0 Å². The molecule has 40 heavy (non-hydrogen) atoms. The molecule has 8 nitrogen and oxygen atoms in total. The molecule has 12 heteroatoms. The van der Waals surface area contributed by atoms with E-state index in [1.165, 1.54) is 43.0 Å². The molecular weight excluding hydrogens is 532 g/mol. The van der Waals surface area contributed by atoms with Gasteiger partial charge in [0.05, 0.1) is 35.7 Å². The maximum atomic E-state index is 14.7. The molecular formula is C28H26F4N4O4. The summed E-state index contributed by atoms with van der Waals surface area (Å²) in [5.74, 6) is -1.07. The van der Waals surface area contributed by atoms with Crippen molar-refractivity contribution in [3.05, 3.63) is 77.1 Å². The van der Waals surface area contributed by atoms with E-state index in [0.29, 0.717) is 16.5 Å². The molecule has 0 atom stereocenters. The number of nitrogens with zero attached hydrogens (tertiary/aromatic N) is 4. The summed E-state index contributed by atoms with van der Waals surface area (Å²) < 4.78 is 60.6. The van der Waals surface area contributed by atoms with E-state index in [4.69, 9.17) is 15.2 Å². The molecule has 0 aromatic heterocycles. The Labute approximate surface area is 228 Å². The van der Waals surface area contributed by atoms with Gasteiger partial charge >= 0.3 is 12.2 Å². The van der Waals surface area contributed by atoms with Crippen LogP contribution in [0, 0.1) is 17.1 Å². The number of oxime groups is 1. The SMILES string of the molecule is C\C=C/C(=C\C=N\O)c1ccc(OCCCN2C(=O)N(c3ccc(C#N)c(C(F)(F)F)c3)C(=O)C2(C)C)cc1F. The van der Waals surface area contributed by atoms with Crippen LogP contribution in [0.25, 0.3) is 5.57 Å². The van der Waals surface area contributed by atoms with Crippen LogP contribution in [0.3, 0.4) is 0 Å². The van der Waals surface area contributed by atoms with Gasteiger partial charge in [-0.1, -0.05) is 17.3 Å². The summed E-state index contributed by atoms with van der Waals surface area (Å²) in [5, 5.41) is 20.5. The highest BCUT2D eigenvalue weighted by Gasteiger charge is 2.52. The average molecular weight is 559 g/mol. The Balaban J connectivity index is 1.71. The second-order valence-corrected chi connectivity index (χ2v) is 9.20. The number of benzene rings is 2. The number of alkyl halides is 3. The van der Waals surface area contributed by atoms with Crippen LogP contribution in [0.1, 0.15) is 43.9 Å². The second kappa shape index (κ2) is 12.0. The van der Waals surface area contributed by atoms with Gasteiger partial charge in [0.1, 0.15) is 17.1 Å². The summed E-state index contributed by atoms with van der Waals surface area (Å²) in [7, 11) is 0. The average Bonchev–Trinajstić information content (AvgIpc) is 3.07. The lowest BCUT2D eigenvalue weighted by Gasteiger charge is -2.27. The van der Waals surface area contributed by atoms with Gasteiger partial charge in [-0.15, -0.1) is 0 Å². The fourth-order valence-corrected chi connectivity index (χ4v) is 4.20. The lowest BCUT2D eigenvalue weighted by molar-refractivity contribution is -0.137. The first-order valence-electron chi connectivity index (χ1n) is 12.1. The van der Waals surface area contributed by atoms with Crippen LogP contribution >= 0.6 is 0 Å². The summed E-state index contributed by atoms with van der Waals surface area (Å²) in [6.07, 6.45) is 1.27. The molecule has 210 valence electrons. The second-order valence-electron chi connectivity index (χ2n) is 9.20. The molecule has 1 fully saturated rings. The van der Waals surface area contributed by atoms with Crippen molar-refractivity contribution < 1.29 is 37.1 Å². The van der Waals surface area contributed by atoms with Gasteiger partial charge in [-0.05, 0) is 69.2 Å². The number of nitriles is 1. The van der Waals surface area contributed by atoms with E-state index >= 15 is 0 Å². The minimum atomic E-state index is -4.85. The van der Waals surface area contributed by atoms with Gasteiger partial charge in [-0.25, -0.2) is 14.1 Å². The third-order valence-corrected chi connectivity index (χ3v) is 6.22. The lowest BCUT2D eigenvalue weighted by atomic mass is 10.0. The summed E-state index contributed by atoms with van der Waals surface area (Å²) in [4.78, 5) is 28.1. The van der Waals surface area contributed by atoms with Gasteiger partial charge in [0.2, 0.25) is 0 Å². The molecule has 1 N–H and O–H groups in total. The van der Waals surface area contributed by atoms with Crippen molar-refractivity contribution in [3.8, 4) is 11.8 Å². The van der Waals surface area contributed by atoms with Crippen LogP contribution in [0.4, 0.5) is 28.0 Å². The molecule has 2 aromatic rings. The van der Waals surface area contributed by atoms with E-state index in [1.807, 2.05) is 0 Å². The number of carbonyl (C=O) groups excluding carboxylic acids is 2. The molecule has 1 aliphatic rings. The number of halogens is 4. The number of ether oxygens (including phenoxy) is 1. The predicted octanol–water partition coefficient (Wildman–Crippen LogP) is 6.15. The van der Waals surface area contributed by atoms with E-state index in [2.05, 4.69) is 5.16 Å². The zero-order valence-electron chi connectivity index (χ0n) is 21.9. The molecule has 0 aliphatic carbocycles. The summed E-state index contributed by atoms with van der Waals surface area (Å²) >= 11 is 0. The highest BCUT2D eigenvalue weighted by Crippen LogP contribution is 2.37. The first kappa shape index (κ1) is 29.9. The van der Waals surface area contributed by atoms with Gasteiger partial charge in [-0.3, -0.25) is 4.79 Å². The van der Waals surface area contributed by atoms with Crippen molar-refractivity contribution in [2.75, 3.05) is 18.1 Å². The zero-order chi connectivity index (χ0) is 29.7. The minimum absolute atomic E-state index is 0.0335. The van der Waals surface area contributed by atoms with E-state index < -0.39 is 40.6 Å². The van der Waals surface area contributed by atoms with Crippen LogP contribution in [0.5, 0.6) is 5.75 Å². The molecule has 1 heterocycles. The third-order valence-electron chi connectivity index (χ3n) is 6.22. The number of hydrogen-bond donors (Lipinski definition) is 1. The summed E-state index contributed by atoms with van der Waals surface area (Å²) in [5.41, 5.74) is -2.79. The molecule has 2 aromatic carbocycles. The normalized spacial score (nSPS) is 15.9. The minimum Gasteiger partial charge on any atom is -0.493 e. The van der Waals surface area contributed by atoms with Crippen molar-refractivity contribution in [2.24, 2.45) is 5.16 Å². The molecule has 1 aliphatic heterocycles. The Morgan fingerprint density at radius 3 is 2.52 bits per heavy atom. The molecule has 0 spiro atoms. The van der Waals surface area contributed by atoms with E-state index in [1.54, 1.807) is 25.1 Å². The number of rotatable bonds is 9. The van der Waals surface area contributed by atoms with Crippen LogP contribution in [0.2, 0.25) is 0 Å². The highest BCUT2D eigenvalue weighted by molar-refractivity contribution is 6.23. The molecule has 0 radical (unpaired) electrons. The Morgan fingerprint density at radius 1 is 1.20 bits per heavy atom. The molecule has 1 saturated heterocycles. The van der Waals surface area contributed by atoms with Crippen molar-refractivity contribution in [2.45, 2.75) is 38.9 Å². The van der Waals surface area contributed by atoms with Gasteiger partial charge in [0.15, 0.2) is 0 Å². The maximum Gasteiger partial charge on any atom is 0.417 e. The Bertz CT molecular complexity index is 1420. The van der Waals surface area contributed by atoms with Crippen molar-refractivity contribution in [1.29, 1.82) is 5.26 Å². The van der Waals surface area contributed by atoms with Crippen molar-refractivity contribution in [1.82, 2.24) is 4.90 Å². The predicted molar refractivity (Wildman–Crippen MR) is 139 cm³/mol. The topological polar surface area (TPSA) is 106 Å². The zero-order valence-corrected chi connectivity index (χ0v) is 21.9. The number of hydrogen-bond acceptors (Lipinski definition) is 6. The fourth-order valence-electron chi connectivity index (χ4n) is 4.20. The third kappa shape index (κ3) is 6.14. The molecule has 3 amide bonds. The molecule has 3 rings (SSSR count). The number of allylic oxidation sites excluding steroid dienone is 4. The maximum absolute atomic E-state index is 14.7. The quantitative estimate of drug-likeness (QED) is 0.0756. The van der Waals surface area contributed by atoms with Gasteiger partial charge in [0, 0.05) is 18.2 Å². The largest absolute Gasteiger partial charge is 0.493 e. The van der Waals surface area contributed by atoms with Crippen LogP contribution in [-0.4, -0.2) is 47.0 Å². The highest BCUT2D eigenvalue weighted by atomic mass is 19.4. The van der Waals surface area contributed by atoms with Crippen LogP contribution < -0.4 is 9.64 Å². The first-order chi connectivity index (χ1) is 18.9. The van der Waals surface area contributed by atoms with E-state index in [0.717, 1.165) is 18.3 Å². The number of carbonyl (C=O) groups is 2. The van der Waals surface area contributed by atoms with E-state index in [-0.39, 0.29) is 36.6 Å². The molecule has 0 bridgehead atoms. The Morgan fingerprint density at radius 2 is 1.93 bits per heavy atom. The Kier molecular flexibility index (Phi) is 8.99. The van der Waals surface area contributed by atoms with Gasteiger partial charge < -0.3 is 14.8 Å². The molecule has 0 unspecified atom stereocenters. The monoisotopic (exact) mass is 558 g/mol. The number of anilines is 1. The van der Waals surface area contributed by atoms with Gasteiger partial charge in [0.25, 0.3) is 5.91 Å². The lowest BCUT2D eigenvalue weighted by Crippen LogP contribution is -2.44. The number of urea groups is 1. The Hall–Kier alpha value is -4.66. The number of amides is 3. The summed E-state index contributed by atoms with van der Waals surface area (Å²) in [6.45, 7) is 4.80. The standard InChI is InChI=1S/C28H26F4N4O4/c1-4-6-18(11-12-34-39)22-10-9-21(16-24(22)29)40-14-5-13-35-26(38)36(25(37)27(35,2)3)20-8-7-19(17-33)23(15-20)28(30,31)32/h4,6-12,15-16,39H,5,13-14H2,1-3H3/b6-4-,18-11+,34-12+. The molecule has 0 saturated carbocycles.